The molecule has 0 aromatic heterocycles. The van der Waals surface area contributed by atoms with E-state index in [1.54, 1.807) is 0 Å². The van der Waals surface area contributed by atoms with Crippen molar-refractivity contribution in [1.29, 1.82) is 0 Å². The number of imide groups is 2. The van der Waals surface area contributed by atoms with Gasteiger partial charge in [0.05, 0.1) is 0 Å². The Morgan fingerprint density at radius 2 is 1.21 bits per heavy atom. The van der Waals surface area contributed by atoms with Crippen molar-refractivity contribution in [3.05, 3.63) is 35.9 Å². The summed E-state index contributed by atoms with van der Waals surface area (Å²) in [5.74, 6) is -1.45. The number of hydrogen-bond donors (Lipinski definition) is 5. The van der Waals surface area contributed by atoms with Gasteiger partial charge in [0.25, 0.3) is 0 Å². The molecule has 0 radical (unpaired) electrons. The minimum absolute atomic E-state index is 0.168. The fraction of sp³-hybridized carbons (Fsp3) is 0.586. The van der Waals surface area contributed by atoms with E-state index in [1.807, 2.05) is 30.3 Å². The normalized spacial score (nSPS) is 20.6. The van der Waals surface area contributed by atoms with Crippen LogP contribution in [0.4, 0.5) is 19.2 Å². The van der Waals surface area contributed by atoms with E-state index in [0.717, 1.165) is 53.9 Å². The fourth-order valence-corrected chi connectivity index (χ4v) is 5.82. The number of carboxylic acid groups (broad SMARTS) is 1. The quantitative estimate of drug-likeness (QED) is 0.308. The van der Waals surface area contributed by atoms with Crippen molar-refractivity contribution >= 4 is 36.1 Å². The van der Waals surface area contributed by atoms with Gasteiger partial charge >= 0.3 is 36.1 Å². The van der Waals surface area contributed by atoms with Crippen LogP contribution in [0.1, 0.15) is 69.8 Å². The summed E-state index contributed by atoms with van der Waals surface area (Å²) in [4.78, 5) is 73.7. The summed E-state index contributed by atoms with van der Waals surface area (Å²) in [5, 5.41) is 19.7. The van der Waals surface area contributed by atoms with Gasteiger partial charge in [0.2, 0.25) is 0 Å². The molecule has 14 nitrogen and oxygen atoms in total. The maximum absolute atomic E-state index is 12.8. The summed E-state index contributed by atoms with van der Waals surface area (Å²) in [6.45, 7) is 1.59. The predicted octanol–water partition coefficient (Wildman–Crippen LogP) is 2.68. The van der Waals surface area contributed by atoms with Crippen LogP contribution in [-0.4, -0.2) is 88.2 Å². The summed E-state index contributed by atoms with van der Waals surface area (Å²) in [6, 6.07) is 7.38. The van der Waals surface area contributed by atoms with E-state index in [2.05, 4.69) is 21.3 Å². The predicted molar refractivity (Wildman–Crippen MR) is 153 cm³/mol. The summed E-state index contributed by atoms with van der Waals surface area (Å²) in [5.41, 5.74) is -1.36. The highest BCUT2D eigenvalue weighted by atomic mass is 16.5. The summed E-state index contributed by atoms with van der Waals surface area (Å²) >= 11 is 0. The second-order valence-corrected chi connectivity index (χ2v) is 11.3. The van der Waals surface area contributed by atoms with Crippen LogP contribution >= 0.6 is 0 Å². The number of hydrogen-bond acceptors (Lipinski definition) is 7. The van der Waals surface area contributed by atoms with E-state index in [-0.39, 0.29) is 13.2 Å². The van der Waals surface area contributed by atoms with Gasteiger partial charge in [-0.3, -0.25) is 0 Å². The fourth-order valence-electron chi connectivity index (χ4n) is 5.82. The molecule has 5 rings (SSSR count). The maximum atomic E-state index is 12.8. The average Bonchev–Trinajstić information content (AvgIpc) is 3.65. The zero-order chi connectivity index (χ0) is 30.9. The second kappa shape index (κ2) is 14.2. The Morgan fingerprint density at radius 1 is 0.744 bits per heavy atom. The molecule has 2 aliphatic heterocycles. The number of nitrogens with zero attached hydrogens (tertiary/aromatic N) is 2. The molecule has 4 aliphatic rings. The molecule has 234 valence electrons. The number of benzene rings is 1. The van der Waals surface area contributed by atoms with Crippen molar-refractivity contribution in [1.82, 2.24) is 31.1 Å². The Labute approximate surface area is 249 Å². The lowest BCUT2D eigenvalue weighted by Crippen LogP contribution is -2.59. The number of ether oxygens (including phenoxy) is 1. The van der Waals surface area contributed by atoms with Gasteiger partial charge < -0.3 is 31.1 Å². The van der Waals surface area contributed by atoms with Gasteiger partial charge in [-0.15, -0.1) is 0 Å². The van der Waals surface area contributed by atoms with E-state index >= 15 is 0 Å². The van der Waals surface area contributed by atoms with Crippen LogP contribution in [0.15, 0.2) is 30.3 Å². The van der Waals surface area contributed by atoms with E-state index < -0.39 is 47.1 Å². The van der Waals surface area contributed by atoms with Crippen molar-refractivity contribution in [3.63, 3.8) is 0 Å². The molecule has 0 unspecified atom stereocenters. The molecule has 1 aromatic carbocycles. The van der Waals surface area contributed by atoms with Gasteiger partial charge in [-0.2, -0.15) is 0 Å². The van der Waals surface area contributed by atoms with Crippen molar-refractivity contribution in [2.45, 2.75) is 81.9 Å². The zero-order valence-corrected chi connectivity index (χ0v) is 24.2. The first-order chi connectivity index (χ1) is 20.7. The number of esters is 1. The van der Waals surface area contributed by atoms with Gasteiger partial charge in [-0.1, -0.05) is 68.9 Å². The molecule has 0 spiro atoms. The minimum atomic E-state index is -1.21. The van der Waals surface area contributed by atoms with Crippen LogP contribution in [0.3, 0.4) is 0 Å². The van der Waals surface area contributed by atoms with Crippen molar-refractivity contribution in [2.75, 3.05) is 26.2 Å². The Bertz CT molecular complexity index is 1200. The molecule has 43 heavy (non-hydrogen) atoms. The second-order valence-electron chi connectivity index (χ2n) is 11.3. The van der Waals surface area contributed by atoms with Crippen LogP contribution in [0.25, 0.3) is 0 Å². The van der Waals surface area contributed by atoms with Crippen LogP contribution in [0.2, 0.25) is 0 Å². The molecule has 0 atom stereocenters. The van der Waals surface area contributed by atoms with Crippen molar-refractivity contribution < 1.29 is 38.6 Å². The first kappa shape index (κ1) is 31.6. The number of rotatable bonds is 6. The van der Waals surface area contributed by atoms with Crippen molar-refractivity contribution in [2.24, 2.45) is 0 Å². The van der Waals surface area contributed by atoms with E-state index in [0.29, 0.717) is 45.3 Å². The third-order valence-electron chi connectivity index (χ3n) is 8.32. The topological polar surface area (TPSA) is 186 Å². The lowest BCUT2D eigenvalue weighted by atomic mass is 9.81. The van der Waals surface area contributed by atoms with Gasteiger partial charge in [-0.25, -0.2) is 38.6 Å². The molecular weight excluding hydrogens is 560 g/mol. The molecule has 2 saturated carbocycles. The first-order valence-corrected chi connectivity index (χ1v) is 14.9. The Hall–Kier alpha value is -4.36. The van der Waals surface area contributed by atoms with Gasteiger partial charge in [0, 0.05) is 26.2 Å². The van der Waals surface area contributed by atoms with E-state index in [1.165, 1.54) is 0 Å². The third kappa shape index (κ3) is 7.73. The number of carbonyl (C=O) groups excluding carboxylic acids is 5. The van der Waals surface area contributed by atoms with Gasteiger partial charge in [0.15, 0.2) is 0 Å². The lowest BCUT2D eigenvalue weighted by Gasteiger charge is -2.36. The molecule has 2 saturated heterocycles. The Balaban J connectivity index is 0.000000208. The standard InChI is InChI=1S/C18H23N3O4.C11H17N3O4/c22-15(25-13-14-7-3-1-4-8-14)18(9-5-2-6-10-18)20-17(24)21-12-11-19-16(21)23;15-8(16)11(4-2-1-3-5-11)13-10(18)14-7-6-12-9(14)17/h1,3-4,7-8H,2,5-6,9-13H2,(H,19,23)(H,20,24);1-7H2,(H,12,17)(H,13,18)(H,15,16). The summed E-state index contributed by atoms with van der Waals surface area (Å²) in [7, 11) is 0. The molecule has 14 heteroatoms. The largest absolute Gasteiger partial charge is 0.480 e. The smallest absolute Gasteiger partial charge is 0.332 e. The number of aliphatic carboxylic acids is 1. The number of carboxylic acids is 1. The maximum Gasteiger partial charge on any atom is 0.332 e. The van der Waals surface area contributed by atoms with Crippen LogP contribution < -0.4 is 21.3 Å². The van der Waals surface area contributed by atoms with Gasteiger partial charge in [-0.05, 0) is 31.2 Å². The van der Waals surface area contributed by atoms with Crippen LogP contribution in [0.5, 0.6) is 0 Å². The SMILES string of the molecule is O=C1NCCN1C(=O)NC1(C(=O)O)CCCCC1.O=C1NCCN1C(=O)NC1(C(=O)OCc2ccccc2)CCCCC1. The number of nitrogens with one attached hydrogen (secondary N) is 4. The van der Waals surface area contributed by atoms with E-state index in [4.69, 9.17) is 4.74 Å². The molecule has 0 bridgehead atoms. The highest BCUT2D eigenvalue weighted by Gasteiger charge is 2.45. The molecule has 1 aromatic rings. The summed E-state index contributed by atoms with van der Waals surface area (Å²) < 4.78 is 5.49. The molecular formula is C29H40N6O8. The molecule has 5 N–H and O–H groups in total. The first-order valence-electron chi connectivity index (χ1n) is 14.9. The lowest BCUT2D eigenvalue weighted by molar-refractivity contribution is -0.154. The van der Waals surface area contributed by atoms with Crippen LogP contribution in [0, 0.1) is 0 Å². The Morgan fingerprint density at radius 3 is 1.65 bits per heavy atom. The molecule has 2 aliphatic carbocycles. The molecule has 2 heterocycles. The Kier molecular flexibility index (Phi) is 10.4. The highest BCUT2D eigenvalue weighted by molar-refractivity contribution is 5.98. The number of carbonyl (C=O) groups is 6. The monoisotopic (exact) mass is 600 g/mol. The molecule has 4 fully saturated rings. The van der Waals surface area contributed by atoms with Gasteiger partial charge in [0.1, 0.15) is 17.7 Å². The van der Waals surface area contributed by atoms with E-state index in [9.17, 15) is 33.9 Å². The minimum Gasteiger partial charge on any atom is -0.480 e. The number of urea groups is 4. The highest BCUT2D eigenvalue weighted by Crippen LogP contribution is 2.31. The molecule has 8 amide bonds. The summed E-state index contributed by atoms with van der Waals surface area (Å²) in [6.07, 6.45) is 7.14. The number of amides is 8. The van der Waals surface area contributed by atoms with Crippen molar-refractivity contribution in [3.8, 4) is 0 Å². The third-order valence-corrected chi connectivity index (χ3v) is 8.32. The van der Waals surface area contributed by atoms with Crippen LogP contribution in [-0.2, 0) is 20.9 Å². The zero-order valence-electron chi connectivity index (χ0n) is 24.2. The average molecular weight is 601 g/mol.